The van der Waals surface area contributed by atoms with E-state index in [1.807, 2.05) is 12.1 Å². The third-order valence-corrected chi connectivity index (χ3v) is 6.31. The van der Waals surface area contributed by atoms with Crippen LogP contribution < -0.4 is 9.62 Å². The number of morpholine rings is 1. The molecule has 0 aliphatic carbocycles. The molecule has 162 valence electrons. The highest BCUT2D eigenvalue weighted by Crippen LogP contribution is 2.20. The average Bonchev–Trinajstić information content (AvgIpc) is 2.73. The number of nitrogens with one attached hydrogen (secondary N) is 1. The Kier molecular flexibility index (Phi) is 7.47. The van der Waals surface area contributed by atoms with Crippen molar-refractivity contribution >= 4 is 21.6 Å². The summed E-state index contributed by atoms with van der Waals surface area (Å²) in [7, 11) is -3.61. The van der Waals surface area contributed by atoms with E-state index in [-0.39, 0.29) is 5.91 Å². The monoisotopic (exact) mass is 431 g/mol. The number of rotatable bonds is 8. The topological polar surface area (TPSA) is 79.0 Å². The molecule has 1 amide bonds. The Hall–Kier alpha value is -2.42. The highest BCUT2D eigenvalue weighted by atomic mass is 32.2. The first-order valence-electron chi connectivity index (χ1n) is 10.0. The normalized spacial score (nSPS) is 16.1. The van der Waals surface area contributed by atoms with Crippen molar-refractivity contribution in [2.24, 2.45) is 0 Å². The number of nitrogens with zero attached hydrogens (tertiary/aromatic N) is 2. The van der Waals surface area contributed by atoms with Gasteiger partial charge in [0.15, 0.2) is 0 Å². The zero-order valence-electron chi connectivity index (χ0n) is 17.5. The molecule has 1 N–H and O–H groups in total. The summed E-state index contributed by atoms with van der Waals surface area (Å²) < 4.78 is 31.2. The maximum atomic E-state index is 12.7. The molecule has 1 saturated heterocycles. The molecule has 0 radical (unpaired) electrons. The number of benzene rings is 2. The summed E-state index contributed by atoms with van der Waals surface area (Å²) in [6.45, 7) is 6.12. The van der Waals surface area contributed by atoms with Crippen LogP contribution in [0.25, 0.3) is 0 Å². The summed E-state index contributed by atoms with van der Waals surface area (Å²) in [5, 5.41) is 2.87. The van der Waals surface area contributed by atoms with Gasteiger partial charge < -0.3 is 10.1 Å². The van der Waals surface area contributed by atoms with Crippen molar-refractivity contribution in [3.63, 3.8) is 0 Å². The summed E-state index contributed by atoms with van der Waals surface area (Å²) in [6, 6.07) is 15.9. The molecule has 1 aliphatic rings. The molecule has 30 heavy (non-hydrogen) atoms. The first kappa shape index (κ1) is 22.3. The van der Waals surface area contributed by atoms with Gasteiger partial charge in [0.25, 0.3) is 0 Å². The van der Waals surface area contributed by atoms with Crippen LogP contribution in [0.3, 0.4) is 0 Å². The van der Waals surface area contributed by atoms with Gasteiger partial charge >= 0.3 is 0 Å². The minimum absolute atomic E-state index is 0.340. The molecule has 8 heteroatoms. The molecular weight excluding hydrogens is 402 g/mol. The lowest BCUT2D eigenvalue weighted by molar-refractivity contribution is -0.122. The molecule has 3 rings (SSSR count). The second-order valence-electron chi connectivity index (χ2n) is 7.50. The number of hydrogen-bond donors (Lipinski definition) is 1. The Bertz CT molecular complexity index is 944. The maximum absolute atomic E-state index is 12.7. The first-order valence-corrected chi connectivity index (χ1v) is 11.9. The summed E-state index contributed by atoms with van der Waals surface area (Å²) in [5.41, 5.74) is 2.63. The Balaban J connectivity index is 1.63. The molecule has 0 unspecified atom stereocenters. The van der Waals surface area contributed by atoms with E-state index in [4.69, 9.17) is 4.74 Å². The average molecular weight is 432 g/mol. The standard InChI is InChI=1S/C22H29N3O4S/c1-18(25(30(2,27)28)21-9-4-3-5-10-21)22(26)23-16-19-7-6-8-20(15-19)17-24-11-13-29-14-12-24/h3-10,15,18H,11-14,16-17H2,1-2H3,(H,23,26)/t18-/m0/s1. The van der Waals surface area contributed by atoms with Gasteiger partial charge in [0.2, 0.25) is 15.9 Å². The van der Waals surface area contributed by atoms with Crippen LogP contribution in [-0.2, 0) is 32.6 Å². The number of ether oxygens (including phenoxy) is 1. The molecule has 0 spiro atoms. The van der Waals surface area contributed by atoms with Crippen LogP contribution in [0.1, 0.15) is 18.1 Å². The van der Waals surface area contributed by atoms with E-state index >= 15 is 0 Å². The number of amides is 1. The molecule has 7 nitrogen and oxygen atoms in total. The van der Waals surface area contributed by atoms with Crippen LogP contribution in [0.4, 0.5) is 5.69 Å². The van der Waals surface area contributed by atoms with Gasteiger partial charge in [-0.05, 0) is 30.2 Å². The number of para-hydroxylation sites is 1. The number of hydrogen-bond acceptors (Lipinski definition) is 5. The minimum Gasteiger partial charge on any atom is -0.379 e. The highest BCUT2D eigenvalue weighted by molar-refractivity contribution is 7.92. The van der Waals surface area contributed by atoms with Crippen LogP contribution in [0.2, 0.25) is 0 Å². The zero-order valence-corrected chi connectivity index (χ0v) is 18.3. The SMILES string of the molecule is C[C@@H](C(=O)NCc1cccc(CN2CCOCC2)c1)N(c1ccccc1)S(C)(=O)=O. The van der Waals surface area contributed by atoms with Gasteiger partial charge in [-0.25, -0.2) is 8.42 Å². The second kappa shape index (κ2) is 10.1. The molecular formula is C22H29N3O4S. The number of sulfonamides is 1. The Labute approximate surface area is 178 Å². The van der Waals surface area contributed by atoms with Gasteiger partial charge in [0.1, 0.15) is 6.04 Å². The first-order chi connectivity index (χ1) is 14.3. The predicted molar refractivity (Wildman–Crippen MR) is 118 cm³/mol. The van der Waals surface area contributed by atoms with Crippen molar-refractivity contribution in [1.29, 1.82) is 0 Å². The van der Waals surface area contributed by atoms with Crippen molar-refractivity contribution in [1.82, 2.24) is 10.2 Å². The zero-order chi connectivity index (χ0) is 21.6. The molecule has 2 aromatic rings. The lowest BCUT2D eigenvalue weighted by Crippen LogP contribution is -2.47. The molecule has 0 aromatic heterocycles. The van der Waals surface area contributed by atoms with E-state index in [2.05, 4.69) is 22.3 Å². The third kappa shape index (κ3) is 6.04. The predicted octanol–water partition coefficient (Wildman–Crippen LogP) is 1.99. The number of anilines is 1. The van der Waals surface area contributed by atoms with E-state index in [1.54, 1.807) is 37.3 Å². The maximum Gasteiger partial charge on any atom is 0.243 e. The van der Waals surface area contributed by atoms with Gasteiger partial charge in [0, 0.05) is 26.2 Å². The summed E-state index contributed by atoms with van der Waals surface area (Å²) in [5.74, 6) is -0.345. The fraction of sp³-hybridized carbons (Fsp3) is 0.409. The Morgan fingerprint density at radius 3 is 2.43 bits per heavy atom. The largest absolute Gasteiger partial charge is 0.379 e. The third-order valence-electron chi connectivity index (χ3n) is 5.07. The quantitative estimate of drug-likeness (QED) is 0.692. The van der Waals surface area contributed by atoms with Gasteiger partial charge in [0.05, 0.1) is 25.2 Å². The summed E-state index contributed by atoms with van der Waals surface area (Å²) in [6.07, 6.45) is 1.11. The van der Waals surface area contributed by atoms with Gasteiger partial charge in [-0.1, -0.05) is 42.5 Å². The molecule has 0 bridgehead atoms. The van der Waals surface area contributed by atoms with Gasteiger partial charge in [-0.3, -0.25) is 14.0 Å². The van der Waals surface area contributed by atoms with E-state index < -0.39 is 16.1 Å². The van der Waals surface area contributed by atoms with Crippen LogP contribution in [0, 0.1) is 0 Å². The van der Waals surface area contributed by atoms with Crippen LogP contribution in [-0.4, -0.2) is 57.8 Å². The molecule has 2 aromatic carbocycles. The Morgan fingerprint density at radius 1 is 1.10 bits per heavy atom. The van der Waals surface area contributed by atoms with E-state index in [0.29, 0.717) is 12.2 Å². The van der Waals surface area contributed by atoms with Crippen LogP contribution >= 0.6 is 0 Å². The Morgan fingerprint density at radius 2 is 1.77 bits per heavy atom. The van der Waals surface area contributed by atoms with Gasteiger partial charge in [-0.2, -0.15) is 0 Å². The highest BCUT2D eigenvalue weighted by Gasteiger charge is 2.28. The lowest BCUT2D eigenvalue weighted by atomic mass is 10.1. The van der Waals surface area contributed by atoms with Crippen molar-refractivity contribution in [3.8, 4) is 0 Å². The van der Waals surface area contributed by atoms with E-state index in [0.717, 1.165) is 49.0 Å². The summed E-state index contributed by atoms with van der Waals surface area (Å²) in [4.78, 5) is 15.1. The molecule has 0 saturated carbocycles. The second-order valence-corrected chi connectivity index (χ2v) is 9.36. The van der Waals surface area contributed by atoms with Crippen molar-refractivity contribution in [2.45, 2.75) is 26.1 Å². The molecule has 1 heterocycles. The van der Waals surface area contributed by atoms with E-state index in [1.165, 1.54) is 5.56 Å². The number of carbonyl (C=O) groups is 1. The fourth-order valence-electron chi connectivity index (χ4n) is 3.58. The van der Waals surface area contributed by atoms with Crippen molar-refractivity contribution in [3.05, 3.63) is 65.7 Å². The number of carbonyl (C=O) groups excluding carboxylic acids is 1. The van der Waals surface area contributed by atoms with Crippen LogP contribution in [0.5, 0.6) is 0 Å². The van der Waals surface area contributed by atoms with Gasteiger partial charge in [-0.15, -0.1) is 0 Å². The molecule has 1 atom stereocenters. The van der Waals surface area contributed by atoms with Crippen molar-refractivity contribution < 1.29 is 17.9 Å². The fourth-order valence-corrected chi connectivity index (χ4v) is 4.75. The van der Waals surface area contributed by atoms with Crippen LogP contribution in [0.15, 0.2) is 54.6 Å². The smallest absolute Gasteiger partial charge is 0.243 e. The van der Waals surface area contributed by atoms with E-state index in [9.17, 15) is 13.2 Å². The molecule has 1 fully saturated rings. The van der Waals surface area contributed by atoms with Crippen molar-refractivity contribution in [2.75, 3.05) is 36.9 Å². The molecule has 1 aliphatic heterocycles. The lowest BCUT2D eigenvalue weighted by Gasteiger charge is -2.28. The summed E-state index contributed by atoms with van der Waals surface area (Å²) >= 11 is 0. The minimum atomic E-state index is -3.61.